The van der Waals surface area contributed by atoms with E-state index in [-0.39, 0.29) is 6.30 Å². The molecule has 172 valence electrons. The van der Waals surface area contributed by atoms with Crippen LogP contribution in [0.15, 0.2) is 54.8 Å². The molecule has 4 heteroatoms. The monoisotopic (exact) mass is 481 g/mol. The summed E-state index contributed by atoms with van der Waals surface area (Å²) >= 11 is 1.82. The smallest absolute Gasteiger partial charge is 0.116 e. The molecule has 0 saturated heterocycles. The number of thiophene rings is 1. The van der Waals surface area contributed by atoms with Gasteiger partial charge in [0.2, 0.25) is 0 Å². The first-order chi connectivity index (χ1) is 16.8. The summed E-state index contributed by atoms with van der Waals surface area (Å²) < 4.78 is 10.9. The summed E-state index contributed by atoms with van der Waals surface area (Å²) in [5.74, 6) is 0.676. The van der Waals surface area contributed by atoms with E-state index in [4.69, 9.17) is 6.35 Å². The predicted octanol–water partition coefficient (Wildman–Crippen LogP) is 8.57. The molecule has 2 heterocycles. The third kappa shape index (κ3) is 3.59. The molecule has 0 bridgehead atoms. The number of rotatable bonds is 3. The molecule has 0 atom stereocenters. The molecule has 1 saturated carbocycles. The van der Waals surface area contributed by atoms with Gasteiger partial charge in [0.25, 0.3) is 0 Å². The number of aromatic nitrogens is 2. The summed E-state index contributed by atoms with van der Waals surface area (Å²) in [6.07, 6.45) is 6.76. The molecule has 3 aromatic carbocycles. The van der Waals surface area contributed by atoms with Gasteiger partial charge in [0.1, 0.15) is 7.67 Å². The Hall–Kier alpha value is -2.56. The van der Waals surface area contributed by atoms with Crippen molar-refractivity contribution in [2.75, 3.05) is 0 Å². The number of benzene rings is 3. The van der Waals surface area contributed by atoms with E-state index in [0.29, 0.717) is 5.92 Å². The molecule has 5 aromatic rings. The van der Waals surface area contributed by atoms with Gasteiger partial charge in [-0.25, -0.2) is 9.97 Å². The van der Waals surface area contributed by atoms with Crippen molar-refractivity contribution in [3.05, 3.63) is 66.0 Å². The van der Waals surface area contributed by atoms with Crippen LogP contribution in [0.1, 0.15) is 50.5 Å². The summed E-state index contributed by atoms with van der Waals surface area (Å²) in [4.78, 5) is 9.36. The molecule has 0 spiro atoms. The minimum atomic E-state index is -1.60. The first-order valence-electron chi connectivity index (χ1n) is 13.1. The van der Waals surface area contributed by atoms with E-state index in [0.717, 1.165) is 21.5 Å². The van der Waals surface area contributed by atoms with E-state index in [1.165, 1.54) is 69.3 Å². The van der Waals surface area contributed by atoms with Gasteiger partial charge < -0.3 is 0 Å². The Morgan fingerprint density at radius 1 is 0.912 bits per heavy atom. The predicted molar refractivity (Wildman–Crippen MR) is 151 cm³/mol. The van der Waals surface area contributed by atoms with Crippen molar-refractivity contribution in [1.82, 2.24) is 9.97 Å². The Morgan fingerprint density at radius 3 is 2.50 bits per heavy atom. The van der Waals surface area contributed by atoms with Crippen molar-refractivity contribution in [2.45, 2.75) is 64.6 Å². The lowest BCUT2D eigenvalue weighted by atomic mass is 9.82. The van der Waals surface area contributed by atoms with Gasteiger partial charge in [-0.2, -0.15) is 0 Å². The van der Waals surface area contributed by atoms with Crippen molar-refractivity contribution in [3.8, 4) is 11.3 Å². The summed E-state index contributed by atoms with van der Waals surface area (Å²) in [6.45, 7) is 9.49. The van der Waals surface area contributed by atoms with Crippen LogP contribution in [-0.4, -0.2) is 18.0 Å². The molecule has 6 rings (SSSR count). The molecule has 2 aromatic heterocycles. The number of nitrogens with zero attached hydrogens (tertiary/aromatic N) is 2. The second kappa shape index (κ2) is 8.28. The van der Waals surface area contributed by atoms with Crippen LogP contribution >= 0.6 is 11.3 Å². The molecule has 0 aliphatic heterocycles. The van der Waals surface area contributed by atoms with E-state index in [1.807, 2.05) is 11.3 Å². The molecule has 0 radical (unpaired) electrons. The molecule has 0 unspecified atom stereocenters. The molecule has 1 aliphatic rings. The Morgan fingerprint density at radius 2 is 1.71 bits per heavy atom. The molecule has 1 aliphatic carbocycles. The summed E-state index contributed by atoms with van der Waals surface area (Å²) in [6, 6.07) is 17.9. The van der Waals surface area contributed by atoms with Gasteiger partial charge in [0, 0.05) is 15.6 Å². The van der Waals surface area contributed by atoms with Crippen molar-refractivity contribution in [2.24, 2.45) is 0 Å². The fourth-order valence-electron chi connectivity index (χ4n) is 5.86. The Labute approximate surface area is 208 Å². The fourth-order valence-corrected chi connectivity index (χ4v) is 8.75. The molecule has 2 nitrogen and oxygen atoms in total. The quantitative estimate of drug-likeness (QED) is 0.241. The van der Waals surface area contributed by atoms with Crippen LogP contribution in [0.4, 0.5) is 0 Å². The zero-order valence-corrected chi connectivity index (χ0v) is 22.4. The van der Waals surface area contributed by atoms with Crippen molar-refractivity contribution >= 4 is 55.7 Å². The highest BCUT2D eigenvalue weighted by molar-refractivity contribution is 7.26. The molecule has 1 fully saturated rings. The maximum atomic E-state index is 8.47. The number of fused-ring (bicyclic) bond motifs is 4. The van der Waals surface area contributed by atoms with Crippen LogP contribution < -0.4 is 5.19 Å². The van der Waals surface area contributed by atoms with Gasteiger partial charge in [0.05, 0.1) is 24.0 Å². The van der Waals surface area contributed by atoms with Gasteiger partial charge in [-0.15, -0.1) is 11.3 Å². The second-order valence-electron chi connectivity index (χ2n) is 10.9. The van der Waals surface area contributed by atoms with E-state index in [2.05, 4.69) is 80.1 Å². The Balaban J connectivity index is 1.61. The van der Waals surface area contributed by atoms with Gasteiger partial charge in [-0.1, -0.05) is 86.6 Å². The van der Waals surface area contributed by atoms with Gasteiger partial charge in [0.15, 0.2) is 0 Å². The first kappa shape index (κ1) is 20.8. The highest BCUT2D eigenvalue weighted by atomic mass is 32.1. The lowest BCUT2D eigenvalue weighted by molar-refractivity contribution is 0.443. The van der Waals surface area contributed by atoms with Gasteiger partial charge >= 0.3 is 0 Å². The molecule has 0 N–H and O–H groups in total. The van der Waals surface area contributed by atoms with Gasteiger partial charge in [-0.05, 0) is 53.6 Å². The maximum absolute atomic E-state index is 8.47. The highest BCUT2D eigenvalue weighted by Crippen LogP contribution is 2.43. The van der Waals surface area contributed by atoms with Crippen LogP contribution in [-0.2, 0) is 0 Å². The summed E-state index contributed by atoms with van der Waals surface area (Å²) in [5, 5.41) is 5.21. The van der Waals surface area contributed by atoms with E-state index in [1.54, 1.807) is 0 Å². The SMILES string of the molecule is [2H]c1nc(-c2cc([Si](C)(C)C)c3ccccc3c2)c2sc3c(C)c(C4CCCCC4)ccc3c2n1. The molecular formula is C30H32N2SSi. The largest absolute Gasteiger partial charge is 0.235 e. The van der Waals surface area contributed by atoms with Crippen LogP contribution in [0.2, 0.25) is 19.6 Å². The van der Waals surface area contributed by atoms with E-state index < -0.39 is 8.07 Å². The maximum Gasteiger partial charge on any atom is 0.116 e. The minimum Gasteiger partial charge on any atom is -0.235 e. The third-order valence-corrected chi connectivity index (χ3v) is 11.0. The van der Waals surface area contributed by atoms with Crippen LogP contribution in [0.5, 0.6) is 0 Å². The first-order valence-corrected chi connectivity index (χ1v) is 16.9. The minimum absolute atomic E-state index is 0.101. The number of aryl methyl sites for hydroxylation is 1. The van der Waals surface area contributed by atoms with Crippen molar-refractivity contribution in [1.29, 1.82) is 0 Å². The topological polar surface area (TPSA) is 25.8 Å². The standard InChI is InChI=1S/C30H32N2SSi/c1-19-23(20-10-6-5-7-11-20)14-15-25-28-30(33-29(19)25)27(31-18-32-28)22-16-21-12-8-9-13-24(21)26(17-22)34(2,3)4/h8-9,12-18,20H,5-7,10-11H2,1-4H3/i18D. The van der Waals surface area contributed by atoms with E-state index in [9.17, 15) is 0 Å². The zero-order chi connectivity index (χ0) is 24.3. The lowest BCUT2D eigenvalue weighted by Crippen LogP contribution is -2.38. The Bertz CT molecular complexity index is 1590. The average molecular weight is 482 g/mol. The van der Waals surface area contributed by atoms with Gasteiger partial charge in [-0.3, -0.25) is 0 Å². The second-order valence-corrected chi connectivity index (χ2v) is 17.0. The number of hydrogen-bond acceptors (Lipinski definition) is 3. The normalized spacial score (nSPS) is 15.9. The van der Waals surface area contributed by atoms with Crippen molar-refractivity contribution in [3.63, 3.8) is 0 Å². The van der Waals surface area contributed by atoms with Crippen LogP contribution in [0.25, 0.3) is 42.3 Å². The molecule has 34 heavy (non-hydrogen) atoms. The van der Waals surface area contributed by atoms with Crippen molar-refractivity contribution < 1.29 is 1.37 Å². The average Bonchev–Trinajstić information content (AvgIpc) is 3.22. The molecule has 0 amide bonds. The zero-order valence-electron chi connectivity index (χ0n) is 21.5. The summed E-state index contributed by atoms with van der Waals surface area (Å²) in [7, 11) is -1.60. The summed E-state index contributed by atoms with van der Waals surface area (Å²) in [5.41, 5.74) is 5.86. The highest BCUT2D eigenvalue weighted by Gasteiger charge is 2.23. The third-order valence-electron chi connectivity index (χ3n) is 7.65. The molecular weight excluding hydrogens is 448 g/mol. The van der Waals surface area contributed by atoms with Crippen LogP contribution in [0.3, 0.4) is 0 Å². The Kier molecular flexibility index (Phi) is 5.06. The lowest BCUT2D eigenvalue weighted by Gasteiger charge is -2.23. The number of hydrogen-bond donors (Lipinski definition) is 0. The van der Waals surface area contributed by atoms with Crippen LogP contribution in [0, 0.1) is 6.92 Å². The fraction of sp³-hybridized carbons (Fsp3) is 0.333. The van der Waals surface area contributed by atoms with E-state index >= 15 is 0 Å².